The van der Waals surface area contributed by atoms with E-state index in [9.17, 15) is 4.79 Å². The van der Waals surface area contributed by atoms with Gasteiger partial charge in [0.15, 0.2) is 16.7 Å². The number of nitrogens with zero attached hydrogens (tertiary/aromatic N) is 3. The third-order valence-corrected chi connectivity index (χ3v) is 4.71. The van der Waals surface area contributed by atoms with Gasteiger partial charge in [-0.05, 0) is 31.0 Å². The molecule has 0 aliphatic heterocycles. The fourth-order valence-corrected chi connectivity index (χ4v) is 3.41. The second-order valence-corrected chi connectivity index (χ2v) is 7.19. The Morgan fingerprint density at radius 2 is 2.19 bits per heavy atom. The highest BCUT2D eigenvalue weighted by Gasteiger charge is 2.19. The van der Waals surface area contributed by atoms with Crippen molar-refractivity contribution in [3.63, 3.8) is 0 Å². The summed E-state index contributed by atoms with van der Waals surface area (Å²) in [7, 11) is 1.35. The Labute approximate surface area is 155 Å². The van der Waals surface area contributed by atoms with Crippen LogP contribution in [0.5, 0.6) is 0 Å². The van der Waals surface area contributed by atoms with E-state index in [1.807, 2.05) is 16.7 Å². The minimum atomic E-state index is -0.398. The Hall–Kier alpha value is -2.48. The Morgan fingerprint density at radius 1 is 1.38 bits per heavy atom. The molecule has 0 aliphatic carbocycles. The van der Waals surface area contributed by atoms with Gasteiger partial charge in [-0.2, -0.15) is 0 Å². The topological polar surface area (TPSA) is 83.3 Å². The van der Waals surface area contributed by atoms with E-state index in [4.69, 9.17) is 13.6 Å². The van der Waals surface area contributed by atoms with E-state index in [2.05, 4.69) is 24.0 Å². The predicted octanol–water partition coefficient (Wildman–Crippen LogP) is 4.17. The molecule has 0 aliphatic rings. The van der Waals surface area contributed by atoms with Gasteiger partial charge in [-0.15, -0.1) is 10.2 Å². The molecule has 3 heterocycles. The second kappa shape index (κ2) is 7.82. The molecule has 0 bridgehead atoms. The van der Waals surface area contributed by atoms with Crippen LogP contribution in [0.4, 0.5) is 0 Å². The molecule has 3 aromatic heterocycles. The van der Waals surface area contributed by atoms with Crippen molar-refractivity contribution in [1.29, 1.82) is 0 Å². The Morgan fingerprint density at radius 3 is 2.85 bits per heavy atom. The lowest BCUT2D eigenvalue weighted by Crippen LogP contribution is -2.07. The number of carbonyl (C=O) groups excluding carboxylic acids is 1. The van der Waals surface area contributed by atoms with Crippen LogP contribution in [0.3, 0.4) is 0 Å². The number of aromatic nitrogens is 3. The number of furan rings is 2. The summed E-state index contributed by atoms with van der Waals surface area (Å²) in [5.41, 5.74) is 0.447. The van der Waals surface area contributed by atoms with Gasteiger partial charge in [0.2, 0.25) is 0 Å². The zero-order chi connectivity index (χ0) is 18.7. The molecule has 7 nitrogen and oxygen atoms in total. The molecule has 0 saturated heterocycles. The van der Waals surface area contributed by atoms with Gasteiger partial charge in [-0.1, -0.05) is 25.6 Å². The molecule has 3 rings (SSSR count). The number of aryl methyl sites for hydroxylation is 1. The number of hydrogen-bond donors (Lipinski definition) is 0. The maximum Gasteiger partial charge on any atom is 0.341 e. The summed E-state index contributed by atoms with van der Waals surface area (Å²) >= 11 is 1.50. The molecule has 0 fully saturated rings. The van der Waals surface area contributed by atoms with E-state index in [-0.39, 0.29) is 0 Å². The molecule has 3 aromatic rings. The van der Waals surface area contributed by atoms with E-state index in [1.165, 1.54) is 18.9 Å². The molecule has 0 radical (unpaired) electrons. The van der Waals surface area contributed by atoms with Crippen molar-refractivity contribution in [2.45, 2.75) is 38.2 Å². The van der Waals surface area contributed by atoms with Crippen LogP contribution in [0.15, 0.2) is 38.5 Å². The maximum absolute atomic E-state index is 11.7. The zero-order valence-electron chi connectivity index (χ0n) is 15.2. The van der Waals surface area contributed by atoms with Gasteiger partial charge < -0.3 is 13.6 Å². The average Bonchev–Trinajstić information content (AvgIpc) is 3.32. The Kier molecular flexibility index (Phi) is 5.51. The predicted molar refractivity (Wildman–Crippen MR) is 96.9 cm³/mol. The monoisotopic (exact) mass is 375 g/mol. The highest BCUT2D eigenvalue weighted by Crippen LogP contribution is 2.29. The molecule has 0 unspecified atom stereocenters. The second-order valence-electron chi connectivity index (χ2n) is 6.25. The summed E-state index contributed by atoms with van der Waals surface area (Å²) in [6.45, 7) is 6.80. The summed E-state index contributed by atoms with van der Waals surface area (Å²) in [6.07, 6.45) is 1.62. The minimum absolute atomic E-state index is 0.398. The lowest BCUT2D eigenvalue weighted by Gasteiger charge is -2.11. The third-order valence-electron chi connectivity index (χ3n) is 3.72. The molecular weight excluding hydrogens is 354 g/mol. The first-order valence-corrected chi connectivity index (χ1v) is 9.25. The first kappa shape index (κ1) is 18.3. The lowest BCUT2D eigenvalue weighted by molar-refractivity contribution is 0.0599. The van der Waals surface area contributed by atoms with Crippen molar-refractivity contribution in [1.82, 2.24) is 14.8 Å². The van der Waals surface area contributed by atoms with Crippen LogP contribution in [0, 0.1) is 12.8 Å². The Bertz CT molecular complexity index is 881. The molecule has 0 saturated carbocycles. The molecule has 26 heavy (non-hydrogen) atoms. The van der Waals surface area contributed by atoms with Gasteiger partial charge in [0.1, 0.15) is 17.1 Å². The quantitative estimate of drug-likeness (QED) is 0.452. The molecule has 8 heteroatoms. The highest BCUT2D eigenvalue weighted by atomic mass is 32.2. The fraction of sp³-hybridized carbons (Fsp3) is 0.389. The van der Waals surface area contributed by atoms with E-state index < -0.39 is 5.97 Å². The normalized spacial score (nSPS) is 11.3. The maximum atomic E-state index is 11.7. The molecule has 0 amide bonds. The molecule has 0 N–H and O–H groups in total. The van der Waals surface area contributed by atoms with E-state index in [0.717, 1.165) is 11.7 Å². The van der Waals surface area contributed by atoms with E-state index in [0.29, 0.717) is 40.3 Å². The van der Waals surface area contributed by atoms with Crippen LogP contribution >= 0.6 is 11.8 Å². The van der Waals surface area contributed by atoms with E-state index >= 15 is 0 Å². The van der Waals surface area contributed by atoms with Crippen molar-refractivity contribution in [2.75, 3.05) is 7.11 Å². The van der Waals surface area contributed by atoms with Crippen molar-refractivity contribution in [3.05, 3.63) is 41.5 Å². The molecule has 0 spiro atoms. The van der Waals surface area contributed by atoms with Crippen molar-refractivity contribution < 1.29 is 18.4 Å². The molecule has 138 valence electrons. The summed E-state index contributed by atoms with van der Waals surface area (Å²) in [5.74, 6) is 3.19. The van der Waals surface area contributed by atoms with Gasteiger partial charge >= 0.3 is 5.97 Å². The number of ether oxygens (including phenoxy) is 1. The van der Waals surface area contributed by atoms with Crippen molar-refractivity contribution in [2.24, 2.45) is 5.92 Å². The van der Waals surface area contributed by atoms with Crippen LogP contribution in [0.25, 0.3) is 11.6 Å². The summed E-state index contributed by atoms with van der Waals surface area (Å²) in [5, 5.41) is 9.36. The van der Waals surface area contributed by atoms with Crippen LogP contribution in [-0.4, -0.2) is 27.8 Å². The van der Waals surface area contributed by atoms with Gasteiger partial charge in [-0.25, -0.2) is 4.79 Å². The van der Waals surface area contributed by atoms with Gasteiger partial charge in [0.25, 0.3) is 0 Å². The van der Waals surface area contributed by atoms with Crippen molar-refractivity contribution >= 4 is 17.7 Å². The standard InChI is InChI=1S/C18H21N3O4S/c1-11(2)9-21-16(15-6-5-7-24-15)19-20-18(21)26-10-13-8-14(12(3)25-13)17(22)23-4/h5-8,11H,9-10H2,1-4H3. The summed E-state index contributed by atoms with van der Waals surface area (Å²) < 4.78 is 17.9. The summed E-state index contributed by atoms with van der Waals surface area (Å²) in [6, 6.07) is 5.41. The average molecular weight is 375 g/mol. The number of carbonyl (C=O) groups is 1. The van der Waals surface area contributed by atoms with Crippen LogP contribution < -0.4 is 0 Å². The van der Waals surface area contributed by atoms with Gasteiger partial charge in [0, 0.05) is 6.54 Å². The minimum Gasteiger partial charge on any atom is -0.465 e. The third kappa shape index (κ3) is 3.85. The number of rotatable bonds is 7. The summed E-state index contributed by atoms with van der Waals surface area (Å²) in [4.78, 5) is 11.7. The lowest BCUT2D eigenvalue weighted by atomic mass is 10.2. The van der Waals surface area contributed by atoms with Gasteiger partial charge in [0.05, 0.1) is 19.1 Å². The first-order chi connectivity index (χ1) is 12.5. The van der Waals surface area contributed by atoms with Gasteiger partial charge in [-0.3, -0.25) is 4.57 Å². The largest absolute Gasteiger partial charge is 0.465 e. The first-order valence-electron chi connectivity index (χ1n) is 8.27. The van der Waals surface area contributed by atoms with Crippen LogP contribution in [0.2, 0.25) is 0 Å². The molecule has 0 aromatic carbocycles. The number of thioether (sulfide) groups is 1. The fourth-order valence-electron chi connectivity index (χ4n) is 2.58. The molecule has 0 atom stereocenters. The number of esters is 1. The van der Waals surface area contributed by atoms with Crippen molar-refractivity contribution in [3.8, 4) is 11.6 Å². The van der Waals surface area contributed by atoms with Crippen LogP contribution in [-0.2, 0) is 17.0 Å². The van der Waals surface area contributed by atoms with E-state index in [1.54, 1.807) is 19.3 Å². The Balaban J connectivity index is 1.81. The number of methoxy groups -OCH3 is 1. The molecular formula is C18H21N3O4S. The van der Waals surface area contributed by atoms with Crippen LogP contribution in [0.1, 0.15) is 35.7 Å². The number of hydrogen-bond acceptors (Lipinski definition) is 7. The highest BCUT2D eigenvalue weighted by molar-refractivity contribution is 7.98. The smallest absolute Gasteiger partial charge is 0.341 e. The SMILES string of the molecule is COC(=O)c1cc(CSc2nnc(-c3ccco3)n2CC(C)C)oc1C. The zero-order valence-corrected chi connectivity index (χ0v) is 16.0.